The number of methoxy groups -OCH3 is 1. The summed E-state index contributed by atoms with van der Waals surface area (Å²) in [6.07, 6.45) is 4.24. The highest BCUT2D eigenvalue weighted by Gasteiger charge is 2.27. The zero-order valence-corrected chi connectivity index (χ0v) is 11.3. The van der Waals surface area contributed by atoms with Gasteiger partial charge in [0.25, 0.3) is 0 Å². The van der Waals surface area contributed by atoms with Crippen LogP contribution in [0.5, 0.6) is 0 Å². The monoisotopic (exact) mass is 242 g/mol. The summed E-state index contributed by atoms with van der Waals surface area (Å²) in [7, 11) is 1.69. The van der Waals surface area contributed by atoms with E-state index < -0.39 is 0 Å². The Morgan fingerprint density at radius 1 is 1.53 bits per heavy atom. The van der Waals surface area contributed by atoms with Gasteiger partial charge >= 0.3 is 0 Å². The van der Waals surface area contributed by atoms with Crippen LogP contribution < -0.4 is 11.1 Å². The van der Waals surface area contributed by atoms with Gasteiger partial charge in [-0.3, -0.25) is 4.79 Å². The van der Waals surface area contributed by atoms with E-state index in [-0.39, 0.29) is 17.4 Å². The Bertz CT molecular complexity index is 250. The highest BCUT2D eigenvalue weighted by Crippen LogP contribution is 2.33. The molecule has 1 saturated carbocycles. The molecule has 1 amide bonds. The van der Waals surface area contributed by atoms with Gasteiger partial charge in [-0.15, -0.1) is 0 Å². The Hall–Kier alpha value is -0.610. The molecular formula is C13H26N2O2. The maximum atomic E-state index is 11.8. The molecule has 1 aliphatic carbocycles. The van der Waals surface area contributed by atoms with Crippen LogP contribution in [0.2, 0.25) is 0 Å². The fraction of sp³-hybridized carbons (Fsp3) is 0.923. The van der Waals surface area contributed by atoms with Gasteiger partial charge in [-0.25, -0.2) is 0 Å². The van der Waals surface area contributed by atoms with E-state index in [4.69, 9.17) is 10.5 Å². The molecule has 0 radical (unpaired) electrons. The fourth-order valence-corrected chi connectivity index (χ4v) is 1.74. The van der Waals surface area contributed by atoms with Crippen LogP contribution in [0.15, 0.2) is 0 Å². The van der Waals surface area contributed by atoms with Crippen LogP contribution in [0.3, 0.4) is 0 Å². The predicted molar refractivity (Wildman–Crippen MR) is 68.6 cm³/mol. The average Bonchev–Trinajstić information content (AvgIpc) is 3.07. The van der Waals surface area contributed by atoms with E-state index in [0.717, 1.165) is 19.4 Å². The summed E-state index contributed by atoms with van der Waals surface area (Å²) in [6.45, 7) is 5.63. The molecule has 100 valence electrons. The van der Waals surface area contributed by atoms with Gasteiger partial charge in [0.2, 0.25) is 5.91 Å². The van der Waals surface area contributed by atoms with Gasteiger partial charge in [-0.1, -0.05) is 26.7 Å². The number of nitrogens with one attached hydrogen (secondary N) is 1. The lowest BCUT2D eigenvalue weighted by molar-refractivity contribution is -0.123. The molecule has 0 saturated heterocycles. The van der Waals surface area contributed by atoms with Crippen molar-refractivity contribution in [2.75, 3.05) is 20.3 Å². The topological polar surface area (TPSA) is 64.3 Å². The van der Waals surface area contributed by atoms with Gasteiger partial charge in [0.05, 0.1) is 6.04 Å². The number of nitrogens with two attached hydrogens (primary N) is 1. The normalized spacial score (nSPS) is 17.9. The fourth-order valence-electron chi connectivity index (χ4n) is 1.74. The van der Waals surface area contributed by atoms with E-state index in [1.165, 1.54) is 12.8 Å². The minimum Gasteiger partial charge on any atom is -0.385 e. The van der Waals surface area contributed by atoms with Crippen LogP contribution in [-0.4, -0.2) is 32.2 Å². The third-order valence-electron chi connectivity index (χ3n) is 3.35. The van der Waals surface area contributed by atoms with Gasteiger partial charge in [0.1, 0.15) is 0 Å². The number of carbonyl (C=O) groups is 1. The first kappa shape index (κ1) is 14.5. The van der Waals surface area contributed by atoms with Gasteiger partial charge < -0.3 is 15.8 Å². The van der Waals surface area contributed by atoms with Crippen molar-refractivity contribution in [2.45, 2.75) is 45.6 Å². The highest BCUT2D eigenvalue weighted by atomic mass is 16.5. The first-order chi connectivity index (χ1) is 7.94. The molecule has 0 bridgehead atoms. The van der Waals surface area contributed by atoms with Gasteiger partial charge in [0.15, 0.2) is 0 Å². The molecule has 0 aromatic heterocycles. The molecule has 1 atom stereocenters. The Morgan fingerprint density at radius 3 is 2.71 bits per heavy atom. The van der Waals surface area contributed by atoms with Crippen molar-refractivity contribution in [3.05, 3.63) is 0 Å². The van der Waals surface area contributed by atoms with E-state index in [2.05, 4.69) is 19.2 Å². The summed E-state index contributed by atoms with van der Waals surface area (Å²) in [4.78, 5) is 11.8. The number of rotatable bonds is 8. The van der Waals surface area contributed by atoms with E-state index in [1.54, 1.807) is 7.11 Å². The van der Waals surface area contributed by atoms with Crippen molar-refractivity contribution in [2.24, 2.45) is 17.1 Å². The molecular weight excluding hydrogens is 216 g/mol. The second-order valence-electron chi connectivity index (χ2n) is 5.91. The standard InChI is InChI=1S/C13H26N2O2/c1-13(2,6-7-17-3)9-15-12(16)11(14)8-10-4-5-10/h10-11H,4-9,14H2,1-3H3,(H,15,16). The smallest absolute Gasteiger partial charge is 0.236 e. The third kappa shape index (κ3) is 6.03. The Balaban J connectivity index is 2.20. The first-order valence-electron chi connectivity index (χ1n) is 6.47. The summed E-state index contributed by atoms with van der Waals surface area (Å²) in [5, 5.41) is 2.95. The zero-order chi connectivity index (χ0) is 12.9. The SMILES string of the molecule is COCCC(C)(C)CNC(=O)C(N)CC1CC1. The van der Waals surface area contributed by atoms with Crippen LogP contribution in [0, 0.1) is 11.3 Å². The number of ether oxygens (including phenoxy) is 1. The Labute approximate surface area is 104 Å². The number of carbonyl (C=O) groups excluding carboxylic acids is 1. The molecule has 1 unspecified atom stereocenters. The maximum absolute atomic E-state index is 11.8. The second-order valence-corrected chi connectivity index (χ2v) is 5.91. The lowest BCUT2D eigenvalue weighted by Gasteiger charge is -2.25. The van der Waals surface area contributed by atoms with Gasteiger partial charge in [-0.2, -0.15) is 0 Å². The van der Waals surface area contributed by atoms with Crippen molar-refractivity contribution in [3.8, 4) is 0 Å². The van der Waals surface area contributed by atoms with Crippen molar-refractivity contribution < 1.29 is 9.53 Å². The quantitative estimate of drug-likeness (QED) is 0.674. The van der Waals surface area contributed by atoms with Crippen LogP contribution >= 0.6 is 0 Å². The number of hydrogen-bond donors (Lipinski definition) is 2. The largest absolute Gasteiger partial charge is 0.385 e. The summed E-state index contributed by atoms with van der Waals surface area (Å²) < 4.78 is 5.06. The molecule has 4 nitrogen and oxygen atoms in total. The molecule has 1 fully saturated rings. The Kier molecular flexibility index (Phi) is 5.40. The average molecular weight is 242 g/mol. The number of hydrogen-bond acceptors (Lipinski definition) is 3. The molecule has 1 aliphatic rings. The molecule has 17 heavy (non-hydrogen) atoms. The van der Waals surface area contributed by atoms with Crippen LogP contribution in [0.4, 0.5) is 0 Å². The predicted octanol–water partition coefficient (Wildman–Crippen LogP) is 1.29. The molecule has 0 aromatic rings. The third-order valence-corrected chi connectivity index (χ3v) is 3.35. The van der Waals surface area contributed by atoms with Crippen molar-refractivity contribution in [1.82, 2.24) is 5.32 Å². The minimum atomic E-state index is -0.333. The second kappa shape index (κ2) is 6.36. The van der Waals surface area contributed by atoms with E-state index in [1.807, 2.05) is 0 Å². The lowest BCUT2D eigenvalue weighted by Crippen LogP contribution is -2.44. The van der Waals surface area contributed by atoms with Crippen LogP contribution in [0.1, 0.15) is 39.5 Å². The van der Waals surface area contributed by atoms with Crippen LogP contribution in [-0.2, 0) is 9.53 Å². The first-order valence-corrected chi connectivity index (χ1v) is 6.47. The van der Waals surface area contributed by atoms with Gasteiger partial charge in [0, 0.05) is 20.3 Å². The zero-order valence-electron chi connectivity index (χ0n) is 11.3. The molecule has 0 aromatic carbocycles. The van der Waals surface area contributed by atoms with Crippen molar-refractivity contribution >= 4 is 5.91 Å². The lowest BCUT2D eigenvalue weighted by atomic mass is 9.89. The summed E-state index contributed by atoms with van der Waals surface area (Å²) in [6, 6.07) is -0.333. The molecule has 4 heteroatoms. The minimum absolute atomic E-state index is 0.0117. The summed E-state index contributed by atoms with van der Waals surface area (Å²) >= 11 is 0. The van der Waals surface area contributed by atoms with Crippen molar-refractivity contribution in [1.29, 1.82) is 0 Å². The van der Waals surface area contributed by atoms with Gasteiger partial charge in [-0.05, 0) is 24.2 Å². The Morgan fingerprint density at radius 2 is 2.18 bits per heavy atom. The molecule has 0 spiro atoms. The highest BCUT2D eigenvalue weighted by molar-refractivity contribution is 5.81. The molecule has 1 rings (SSSR count). The summed E-state index contributed by atoms with van der Waals surface area (Å²) in [5.41, 5.74) is 5.91. The van der Waals surface area contributed by atoms with Crippen LogP contribution in [0.25, 0.3) is 0 Å². The molecule has 0 aliphatic heterocycles. The van der Waals surface area contributed by atoms with E-state index in [0.29, 0.717) is 12.5 Å². The van der Waals surface area contributed by atoms with E-state index in [9.17, 15) is 4.79 Å². The maximum Gasteiger partial charge on any atom is 0.236 e. The summed E-state index contributed by atoms with van der Waals surface area (Å²) in [5.74, 6) is 0.680. The van der Waals surface area contributed by atoms with E-state index >= 15 is 0 Å². The van der Waals surface area contributed by atoms with Crippen molar-refractivity contribution in [3.63, 3.8) is 0 Å². The molecule has 0 heterocycles. The number of amides is 1. The molecule has 3 N–H and O–H groups in total.